The Morgan fingerprint density at radius 3 is 2.53 bits per heavy atom. The van der Waals surface area contributed by atoms with Crippen LogP contribution < -0.4 is 5.73 Å². The molecule has 0 saturated heterocycles. The molecule has 2 aromatic rings. The first-order valence-corrected chi connectivity index (χ1v) is 11.7. The topological polar surface area (TPSA) is 93.0 Å². The van der Waals surface area contributed by atoms with E-state index in [-0.39, 0.29) is 23.7 Å². The number of aliphatic imine (C=N–C) groups is 2. The van der Waals surface area contributed by atoms with E-state index in [0.717, 1.165) is 54.5 Å². The molecule has 7 heteroatoms. The predicted octanol–water partition coefficient (Wildman–Crippen LogP) is 4.63. The standard InChI is InChI=1S/C27H29FN4O2/c1-16-25(30)32-27(31-16)23-12-17(19-10-20(14-29)24(28)21(11-19)15-33-2)4-5-18(23)13-26(27)8-6-22(34-3)7-9-26/h4-5,10-12,22H,6-9,13,15H2,1-3H3,(H2,30,32). The van der Waals surface area contributed by atoms with E-state index in [9.17, 15) is 9.65 Å². The summed E-state index contributed by atoms with van der Waals surface area (Å²) in [7, 11) is 3.29. The number of hydrogen-bond acceptors (Lipinski definition) is 6. The Bertz CT molecular complexity index is 1230. The minimum absolute atomic E-state index is 0.00566. The van der Waals surface area contributed by atoms with E-state index in [4.69, 9.17) is 25.2 Å². The Morgan fingerprint density at radius 1 is 1.15 bits per heavy atom. The van der Waals surface area contributed by atoms with E-state index in [1.54, 1.807) is 19.2 Å². The molecule has 1 saturated carbocycles. The molecule has 176 valence electrons. The third-order valence-corrected chi connectivity index (χ3v) is 7.86. The summed E-state index contributed by atoms with van der Waals surface area (Å²) in [6.45, 7) is 2.01. The zero-order valence-electron chi connectivity index (χ0n) is 19.8. The lowest BCUT2D eigenvalue weighted by Gasteiger charge is -2.44. The van der Waals surface area contributed by atoms with E-state index >= 15 is 0 Å². The van der Waals surface area contributed by atoms with Crippen LogP contribution in [0.25, 0.3) is 11.1 Å². The van der Waals surface area contributed by atoms with Crippen molar-refractivity contribution in [3.8, 4) is 17.2 Å². The summed E-state index contributed by atoms with van der Waals surface area (Å²) in [6, 6.07) is 11.6. The minimum Gasteiger partial charge on any atom is -0.382 e. The van der Waals surface area contributed by atoms with Gasteiger partial charge in [-0.05, 0) is 73.9 Å². The second-order valence-electron chi connectivity index (χ2n) is 9.67. The predicted molar refractivity (Wildman–Crippen MR) is 129 cm³/mol. The smallest absolute Gasteiger partial charge is 0.184 e. The van der Waals surface area contributed by atoms with Gasteiger partial charge in [0, 0.05) is 30.8 Å². The lowest BCUT2D eigenvalue weighted by Crippen LogP contribution is -2.43. The summed E-state index contributed by atoms with van der Waals surface area (Å²) in [4.78, 5) is 10.1. The highest BCUT2D eigenvalue weighted by Crippen LogP contribution is 2.62. The average Bonchev–Trinajstić information content (AvgIpc) is 3.28. The molecule has 3 aliphatic rings. The normalized spacial score (nSPS) is 27.6. The van der Waals surface area contributed by atoms with Crippen LogP contribution in [0.3, 0.4) is 0 Å². The maximum Gasteiger partial charge on any atom is 0.184 e. The third-order valence-electron chi connectivity index (χ3n) is 7.86. The molecular formula is C27H29FN4O2. The first-order chi connectivity index (χ1) is 16.4. The van der Waals surface area contributed by atoms with Gasteiger partial charge in [-0.15, -0.1) is 0 Å². The van der Waals surface area contributed by atoms with Gasteiger partial charge in [-0.1, -0.05) is 12.1 Å². The number of halogens is 1. The van der Waals surface area contributed by atoms with Crippen molar-refractivity contribution in [2.75, 3.05) is 14.2 Å². The summed E-state index contributed by atoms with van der Waals surface area (Å²) in [5, 5.41) is 9.48. The molecule has 0 aromatic heterocycles. The fourth-order valence-corrected chi connectivity index (χ4v) is 6.04. The molecule has 1 aliphatic heterocycles. The van der Waals surface area contributed by atoms with Crippen molar-refractivity contribution in [1.29, 1.82) is 5.26 Å². The molecule has 0 radical (unpaired) electrons. The van der Waals surface area contributed by atoms with E-state index < -0.39 is 11.5 Å². The molecule has 2 aliphatic carbocycles. The fourth-order valence-electron chi connectivity index (χ4n) is 6.04. The Hall–Kier alpha value is -3.08. The van der Waals surface area contributed by atoms with Crippen LogP contribution >= 0.6 is 0 Å². The van der Waals surface area contributed by atoms with Gasteiger partial charge in [0.2, 0.25) is 0 Å². The maximum absolute atomic E-state index is 14.6. The second kappa shape index (κ2) is 8.30. The molecule has 0 amide bonds. The van der Waals surface area contributed by atoms with Crippen molar-refractivity contribution in [2.45, 2.75) is 57.4 Å². The quantitative estimate of drug-likeness (QED) is 0.720. The Kier molecular flexibility index (Phi) is 5.54. The van der Waals surface area contributed by atoms with E-state index in [1.807, 2.05) is 19.1 Å². The number of methoxy groups -OCH3 is 2. The number of nitrogens with zero attached hydrogens (tertiary/aromatic N) is 3. The highest BCUT2D eigenvalue weighted by Gasteiger charge is 2.60. The lowest BCUT2D eigenvalue weighted by atomic mass is 9.65. The van der Waals surface area contributed by atoms with Crippen molar-refractivity contribution in [2.24, 2.45) is 21.1 Å². The van der Waals surface area contributed by atoms with Crippen LogP contribution in [0.5, 0.6) is 0 Å². The van der Waals surface area contributed by atoms with Crippen LogP contribution in [-0.2, 0) is 28.2 Å². The highest BCUT2D eigenvalue weighted by atomic mass is 19.1. The summed E-state index contributed by atoms with van der Waals surface area (Å²) in [6.07, 6.45) is 4.98. The number of benzene rings is 2. The number of fused-ring (bicyclic) bond motifs is 3. The van der Waals surface area contributed by atoms with Gasteiger partial charge in [0.25, 0.3) is 0 Å². The molecule has 1 heterocycles. The number of nitrogens with two attached hydrogens (primary N) is 1. The van der Waals surface area contributed by atoms with E-state index in [2.05, 4.69) is 12.1 Å². The van der Waals surface area contributed by atoms with Crippen LogP contribution in [0.1, 0.15) is 54.9 Å². The number of hydrogen-bond donors (Lipinski definition) is 1. The fraction of sp³-hybridized carbons (Fsp3) is 0.444. The van der Waals surface area contributed by atoms with Crippen molar-refractivity contribution >= 4 is 11.5 Å². The van der Waals surface area contributed by atoms with Gasteiger partial charge < -0.3 is 15.2 Å². The lowest BCUT2D eigenvalue weighted by molar-refractivity contribution is -0.000372. The zero-order chi connectivity index (χ0) is 24.1. The number of amidine groups is 1. The minimum atomic E-state index is -0.751. The van der Waals surface area contributed by atoms with Gasteiger partial charge in [0.05, 0.1) is 24.0 Å². The number of nitriles is 1. The Labute approximate surface area is 199 Å². The van der Waals surface area contributed by atoms with Crippen molar-refractivity contribution in [3.05, 3.63) is 58.4 Å². The third kappa shape index (κ3) is 3.28. The number of rotatable bonds is 4. The second-order valence-corrected chi connectivity index (χ2v) is 9.67. The first kappa shape index (κ1) is 22.7. The number of ether oxygens (including phenoxy) is 2. The molecule has 2 N–H and O–H groups in total. The molecule has 0 bridgehead atoms. The molecule has 1 unspecified atom stereocenters. The maximum atomic E-state index is 14.6. The van der Waals surface area contributed by atoms with Crippen LogP contribution in [0.2, 0.25) is 0 Å². The Morgan fingerprint density at radius 2 is 1.91 bits per heavy atom. The summed E-state index contributed by atoms with van der Waals surface area (Å²) in [5.41, 5.74) is 10.5. The zero-order valence-corrected chi connectivity index (χ0v) is 19.8. The van der Waals surface area contributed by atoms with Gasteiger partial charge in [0.15, 0.2) is 5.66 Å². The van der Waals surface area contributed by atoms with E-state index in [0.29, 0.717) is 11.4 Å². The van der Waals surface area contributed by atoms with Crippen molar-refractivity contribution < 1.29 is 13.9 Å². The van der Waals surface area contributed by atoms with Gasteiger partial charge in [0.1, 0.15) is 17.7 Å². The highest BCUT2D eigenvalue weighted by molar-refractivity contribution is 6.41. The first-order valence-electron chi connectivity index (χ1n) is 11.7. The van der Waals surface area contributed by atoms with Crippen molar-refractivity contribution in [3.63, 3.8) is 0 Å². The molecule has 2 spiro atoms. The van der Waals surface area contributed by atoms with Crippen LogP contribution in [0.4, 0.5) is 4.39 Å². The molecule has 5 rings (SSSR count). The molecule has 1 fully saturated rings. The van der Waals surface area contributed by atoms with Crippen LogP contribution in [0.15, 0.2) is 40.3 Å². The molecule has 34 heavy (non-hydrogen) atoms. The van der Waals surface area contributed by atoms with Gasteiger partial charge >= 0.3 is 0 Å². The molecule has 1 atom stereocenters. The van der Waals surface area contributed by atoms with E-state index in [1.165, 1.54) is 12.7 Å². The van der Waals surface area contributed by atoms with Crippen molar-refractivity contribution in [1.82, 2.24) is 0 Å². The molecular weight excluding hydrogens is 431 g/mol. The van der Waals surface area contributed by atoms with Crippen LogP contribution in [0, 0.1) is 22.6 Å². The SMILES string of the molecule is COCc1cc(-c2ccc3c(c2)C2(N=C(C)C(N)=N2)C2(CCC(OC)CC2)C3)cc(C#N)c1F. The summed E-state index contributed by atoms with van der Waals surface area (Å²) >= 11 is 0. The summed E-state index contributed by atoms with van der Waals surface area (Å²) in [5.74, 6) is -0.0459. The Balaban J connectivity index is 1.64. The monoisotopic (exact) mass is 460 g/mol. The molecule has 6 nitrogen and oxygen atoms in total. The van der Waals surface area contributed by atoms with Crippen LogP contribution in [-0.4, -0.2) is 31.9 Å². The largest absolute Gasteiger partial charge is 0.382 e. The van der Waals surface area contributed by atoms with Gasteiger partial charge in [-0.25, -0.2) is 9.38 Å². The van der Waals surface area contributed by atoms with Gasteiger partial charge in [-0.2, -0.15) is 5.26 Å². The molecule has 2 aromatic carbocycles. The summed E-state index contributed by atoms with van der Waals surface area (Å²) < 4.78 is 25.4. The van der Waals surface area contributed by atoms with Gasteiger partial charge in [-0.3, -0.25) is 4.99 Å². The average molecular weight is 461 g/mol.